The summed E-state index contributed by atoms with van der Waals surface area (Å²) >= 11 is 0. The van der Waals surface area contributed by atoms with Gasteiger partial charge < -0.3 is 10.4 Å². The number of alkyl halides is 3. The highest BCUT2D eigenvalue weighted by Crippen LogP contribution is 2.40. The van der Waals surface area contributed by atoms with Crippen LogP contribution in [0.1, 0.15) is 24.0 Å². The number of anilines is 1. The Balaban J connectivity index is 2.30. The lowest BCUT2D eigenvalue weighted by Gasteiger charge is -2.17. The number of nitrogens with one attached hydrogen (secondary N) is 1. The summed E-state index contributed by atoms with van der Waals surface area (Å²) in [5.74, 6) is 0. The van der Waals surface area contributed by atoms with Crippen molar-refractivity contribution in [1.29, 1.82) is 5.26 Å². The quantitative estimate of drug-likeness (QED) is 0.873. The lowest BCUT2D eigenvalue weighted by molar-refractivity contribution is -0.137. The van der Waals surface area contributed by atoms with E-state index in [1.54, 1.807) is 6.07 Å². The zero-order valence-electron chi connectivity index (χ0n) is 9.38. The average Bonchev–Trinajstić information content (AvgIpc) is 3.08. The molecule has 0 spiro atoms. The van der Waals surface area contributed by atoms with Gasteiger partial charge in [-0.15, -0.1) is 0 Å². The molecular weight excluding hydrogens is 245 g/mol. The molecule has 0 aromatic heterocycles. The van der Waals surface area contributed by atoms with Crippen LogP contribution >= 0.6 is 0 Å². The third kappa shape index (κ3) is 2.41. The molecule has 2 N–H and O–H groups in total. The summed E-state index contributed by atoms with van der Waals surface area (Å²) in [5, 5.41) is 21.0. The summed E-state index contributed by atoms with van der Waals surface area (Å²) < 4.78 is 37.4. The number of halogens is 3. The standard InChI is InChI=1S/C12H11F3N2O/c13-12(14,15)9-1-2-10(8(5-9)6-16)17-11(7-18)3-4-11/h1-2,5,17-18H,3-4,7H2. The number of nitriles is 1. The van der Waals surface area contributed by atoms with Gasteiger partial charge in [-0.25, -0.2) is 0 Å². The van der Waals surface area contributed by atoms with Gasteiger partial charge in [-0.05, 0) is 31.0 Å². The van der Waals surface area contributed by atoms with Gasteiger partial charge in [0, 0.05) is 0 Å². The average molecular weight is 256 g/mol. The van der Waals surface area contributed by atoms with E-state index in [2.05, 4.69) is 5.32 Å². The molecule has 0 amide bonds. The third-order valence-electron chi connectivity index (χ3n) is 3.02. The second-order valence-corrected chi connectivity index (χ2v) is 4.43. The number of hydrogen-bond donors (Lipinski definition) is 2. The Morgan fingerprint density at radius 1 is 1.39 bits per heavy atom. The Bertz CT molecular complexity index is 501. The van der Waals surface area contributed by atoms with Gasteiger partial charge in [-0.3, -0.25) is 0 Å². The number of aliphatic hydroxyl groups excluding tert-OH is 1. The highest BCUT2D eigenvalue weighted by molar-refractivity contribution is 5.61. The van der Waals surface area contributed by atoms with E-state index in [-0.39, 0.29) is 12.2 Å². The topological polar surface area (TPSA) is 56.0 Å². The Labute approximate surface area is 102 Å². The predicted octanol–water partition coefficient (Wildman–Crippen LogP) is 2.51. The highest BCUT2D eigenvalue weighted by atomic mass is 19.4. The van der Waals surface area contributed by atoms with Crippen molar-refractivity contribution in [2.75, 3.05) is 11.9 Å². The molecule has 1 fully saturated rings. The molecule has 1 aliphatic carbocycles. The maximum absolute atomic E-state index is 12.5. The van der Waals surface area contributed by atoms with Crippen LogP contribution in [0.2, 0.25) is 0 Å². The van der Waals surface area contributed by atoms with E-state index in [0.717, 1.165) is 25.0 Å². The summed E-state index contributed by atoms with van der Waals surface area (Å²) in [7, 11) is 0. The van der Waals surface area contributed by atoms with Crippen LogP contribution in [-0.4, -0.2) is 17.3 Å². The first kappa shape index (κ1) is 12.7. The Morgan fingerprint density at radius 3 is 2.50 bits per heavy atom. The summed E-state index contributed by atoms with van der Waals surface area (Å²) in [4.78, 5) is 0. The van der Waals surface area contributed by atoms with Crippen LogP contribution in [-0.2, 0) is 6.18 Å². The fourth-order valence-electron chi connectivity index (χ4n) is 1.68. The molecule has 0 bridgehead atoms. The minimum Gasteiger partial charge on any atom is -0.394 e. The molecule has 2 rings (SSSR count). The summed E-state index contributed by atoms with van der Waals surface area (Å²) in [6, 6.07) is 4.71. The van der Waals surface area contributed by atoms with Gasteiger partial charge in [0.25, 0.3) is 0 Å². The van der Waals surface area contributed by atoms with E-state index in [9.17, 15) is 13.2 Å². The molecule has 1 saturated carbocycles. The van der Waals surface area contributed by atoms with Crippen molar-refractivity contribution in [2.45, 2.75) is 24.6 Å². The van der Waals surface area contributed by atoms with Crippen molar-refractivity contribution in [3.8, 4) is 6.07 Å². The van der Waals surface area contributed by atoms with E-state index in [1.165, 1.54) is 6.07 Å². The fourth-order valence-corrected chi connectivity index (χ4v) is 1.68. The SMILES string of the molecule is N#Cc1cc(C(F)(F)F)ccc1NC1(CO)CC1. The monoisotopic (exact) mass is 256 g/mol. The highest BCUT2D eigenvalue weighted by Gasteiger charge is 2.42. The molecule has 0 unspecified atom stereocenters. The second-order valence-electron chi connectivity index (χ2n) is 4.43. The Morgan fingerprint density at radius 2 is 2.06 bits per heavy atom. The van der Waals surface area contributed by atoms with Crippen molar-refractivity contribution in [3.63, 3.8) is 0 Å². The normalized spacial score (nSPS) is 17.1. The van der Waals surface area contributed by atoms with Crippen LogP contribution in [0.5, 0.6) is 0 Å². The molecule has 1 aromatic carbocycles. The Hall–Kier alpha value is -1.74. The van der Waals surface area contributed by atoms with Crippen LogP contribution in [0.15, 0.2) is 18.2 Å². The summed E-state index contributed by atoms with van der Waals surface area (Å²) in [5.41, 5.74) is -1.05. The van der Waals surface area contributed by atoms with E-state index in [4.69, 9.17) is 10.4 Å². The van der Waals surface area contributed by atoms with Crippen molar-refractivity contribution >= 4 is 5.69 Å². The van der Waals surface area contributed by atoms with E-state index >= 15 is 0 Å². The van der Waals surface area contributed by atoms with Crippen LogP contribution in [0, 0.1) is 11.3 Å². The number of nitrogens with zero attached hydrogens (tertiary/aromatic N) is 1. The zero-order valence-corrected chi connectivity index (χ0v) is 9.38. The van der Waals surface area contributed by atoms with Crippen LogP contribution in [0.4, 0.5) is 18.9 Å². The minimum atomic E-state index is -4.46. The lowest BCUT2D eigenvalue weighted by Crippen LogP contribution is -2.26. The fraction of sp³-hybridized carbons (Fsp3) is 0.417. The molecule has 0 aliphatic heterocycles. The lowest BCUT2D eigenvalue weighted by atomic mass is 10.1. The molecule has 18 heavy (non-hydrogen) atoms. The Kier molecular flexibility index (Phi) is 2.95. The van der Waals surface area contributed by atoms with Gasteiger partial charge in [-0.1, -0.05) is 0 Å². The maximum atomic E-state index is 12.5. The van der Waals surface area contributed by atoms with Crippen LogP contribution in [0.25, 0.3) is 0 Å². The molecular formula is C12H11F3N2O. The summed E-state index contributed by atoms with van der Waals surface area (Å²) in [6.07, 6.45) is -2.97. The van der Waals surface area contributed by atoms with Gasteiger partial charge in [0.2, 0.25) is 0 Å². The van der Waals surface area contributed by atoms with Crippen molar-refractivity contribution in [3.05, 3.63) is 29.3 Å². The number of aliphatic hydroxyl groups is 1. The molecule has 1 aromatic rings. The van der Waals surface area contributed by atoms with Gasteiger partial charge in [0.15, 0.2) is 0 Å². The van der Waals surface area contributed by atoms with Gasteiger partial charge in [0.1, 0.15) is 6.07 Å². The van der Waals surface area contributed by atoms with E-state index in [0.29, 0.717) is 5.69 Å². The van der Waals surface area contributed by atoms with Crippen molar-refractivity contribution in [1.82, 2.24) is 0 Å². The molecule has 0 saturated heterocycles. The predicted molar refractivity (Wildman–Crippen MR) is 58.8 cm³/mol. The van der Waals surface area contributed by atoms with Gasteiger partial charge in [0.05, 0.1) is 29.0 Å². The van der Waals surface area contributed by atoms with E-state index < -0.39 is 17.3 Å². The van der Waals surface area contributed by atoms with Gasteiger partial charge in [-0.2, -0.15) is 18.4 Å². The van der Waals surface area contributed by atoms with Crippen LogP contribution < -0.4 is 5.32 Å². The smallest absolute Gasteiger partial charge is 0.394 e. The molecule has 0 heterocycles. The molecule has 1 aliphatic rings. The van der Waals surface area contributed by atoms with Gasteiger partial charge >= 0.3 is 6.18 Å². The van der Waals surface area contributed by atoms with Crippen molar-refractivity contribution in [2.24, 2.45) is 0 Å². The van der Waals surface area contributed by atoms with Crippen molar-refractivity contribution < 1.29 is 18.3 Å². The largest absolute Gasteiger partial charge is 0.416 e. The third-order valence-corrected chi connectivity index (χ3v) is 3.02. The molecule has 0 radical (unpaired) electrons. The first-order valence-electron chi connectivity index (χ1n) is 5.41. The number of rotatable bonds is 3. The summed E-state index contributed by atoms with van der Waals surface area (Å²) in [6.45, 7) is -0.0983. The maximum Gasteiger partial charge on any atom is 0.416 e. The second kappa shape index (κ2) is 4.18. The number of hydrogen-bond acceptors (Lipinski definition) is 3. The molecule has 3 nitrogen and oxygen atoms in total. The van der Waals surface area contributed by atoms with Crippen LogP contribution in [0.3, 0.4) is 0 Å². The zero-order chi connectivity index (χ0) is 13.4. The first-order valence-corrected chi connectivity index (χ1v) is 5.41. The molecule has 96 valence electrons. The van der Waals surface area contributed by atoms with E-state index in [1.807, 2.05) is 0 Å². The molecule has 6 heteroatoms. The number of benzene rings is 1. The molecule has 0 atom stereocenters. The minimum absolute atomic E-state index is 0.0652. The first-order chi connectivity index (χ1) is 8.40.